The van der Waals surface area contributed by atoms with Crippen LogP contribution in [-0.2, 0) is 17.9 Å². The van der Waals surface area contributed by atoms with Crippen LogP contribution in [-0.4, -0.2) is 33.5 Å². The number of nitrogens with zero attached hydrogens (tertiary/aromatic N) is 3. The predicted octanol–water partition coefficient (Wildman–Crippen LogP) is 4.46. The highest BCUT2D eigenvalue weighted by molar-refractivity contribution is 5.36. The second-order valence-corrected chi connectivity index (χ2v) is 6.80. The number of benzene rings is 2. The summed E-state index contributed by atoms with van der Waals surface area (Å²) in [6.45, 7) is 0.888. The van der Waals surface area contributed by atoms with E-state index < -0.39 is 11.3 Å². The van der Waals surface area contributed by atoms with E-state index in [1.165, 1.54) is 22.9 Å². The van der Waals surface area contributed by atoms with Crippen molar-refractivity contribution in [3.05, 3.63) is 70.4 Å². The molecule has 2 heterocycles. The Kier molecular flexibility index (Phi) is 5.86. The zero-order valence-corrected chi connectivity index (χ0v) is 16.3. The van der Waals surface area contributed by atoms with Crippen molar-refractivity contribution in [2.75, 3.05) is 6.61 Å². The van der Waals surface area contributed by atoms with Crippen LogP contribution in [0.15, 0.2) is 54.7 Å². The Labute approximate surface area is 179 Å². The summed E-state index contributed by atoms with van der Waals surface area (Å²) in [4.78, 5) is 14.0. The Hall–Kier alpha value is -3.80. The molecule has 0 saturated carbocycles. The molecule has 0 saturated heterocycles. The third kappa shape index (κ3) is 5.46. The van der Waals surface area contributed by atoms with E-state index in [0.29, 0.717) is 18.0 Å². The van der Waals surface area contributed by atoms with Crippen LogP contribution in [0.3, 0.4) is 0 Å². The summed E-state index contributed by atoms with van der Waals surface area (Å²) in [6, 6.07) is 12.2. The Balaban J connectivity index is 1.28. The Morgan fingerprint density at radius 2 is 1.72 bits per heavy atom. The van der Waals surface area contributed by atoms with Crippen molar-refractivity contribution in [2.45, 2.75) is 25.6 Å². The van der Waals surface area contributed by atoms with Gasteiger partial charge in [0.2, 0.25) is 0 Å². The van der Waals surface area contributed by atoms with E-state index in [4.69, 9.17) is 14.2 Å². The van der Waals surface area contributed by atoms with E-state index in [1.54, 1.807) is 24.3 Å². The third-order valence-electron chi connectivity index (χ3n) is 4.41. The van der Waals surface area contributed by atoms with Crippen molar-refractivity contribution in [2.24, 2.45) is 0 Å². The zero-order valence-electron chi connectivity index (χ0n) is 16.3. The molecule has 0 spiro atoms. The molecule has 12 heteroatoms. The monoisotopic (exact) mass is 451 g/mol. The first-order chi connectivity index (χ1) is 15.2. The van der Waals surface area contributed by atoms with Gasteiger partial charge in [-0.15, -0.1) is 13.2 Å². The van der Waals surface area contributed by atoms with Gasteiger partial charge >= 0.3 is 18.2 Å². The molecular formula is C20H16F3N3O6. The number of imidazole rings is 1. The van der Waals surface area contributed by atoms with Crippen LogP contribution >= 0.6 is 0 Å². The van der Waals surface area contributed by atoms with Gasteiger partial charge in [0.15, 0.2) is 0 Å². The van der Waals surface area contributed by atoms with Gasteiger partial charge < -0.3 is 29.1 Å². The van der Waals surface area contributed by atoms with Crippen LogP contribution in [0, 0.1) is 10.1 Å². The average Bonchev–Trinajstić information content (AvgIpc) is 3.17. The highest BCUT2D eigenvalue weighted by Crippen LogP contribution is 2.28. The molecule has 0 aliphatic carbocycles. The lowest BCUT2D eigenvalue weighted by atomic mass is 10.2. The van der Waals surface area contributed by atoms with Crippen molar-refractivity contribution >= 4 is 5.82 Å². The third-order valence-corrected chi connectivity index (χ3v) is 4.41. The van der Waals surface area contributed by atoms with Gasteiger partial charge in [0.25, 0.3) is 0 Å². The largest absolute Gasteiger partial charge is 0.573 e. The molecule has 2 aromatic carbocycles. The number of fused-ring (bicyclic) bond motifs is 1. The van der Waals surface area contributed by atoms with E-state index in [9.17, 15) is 23.3 Å². The molecular weight excluding hydrogens is 435 g/mol. The van der Waals surface area contributed by atoms with E-state index in [1.807, 2.05) is 0 Å². The molecule has 4 rings (SSSR count). The molecule has 168 valence electrons. The molecule has 0 bridgehead atoms. The van der Waals surface area contributed by atoms with E-state index >= 15 is 0 Å². The van der Waals surface area contributed by atoms with Crippen molar-refractivity contribution < 1.29 is 37.0 Å². The maximum Gasteiger partial charge on any atom is 0.573 e. The first kappa shape index (κ1) is 21.4. The molecule has 9 nitrogen and oxygen atoms in total. The lowest BCUT2D eigenvalue weighted by Crippen LogP contribution is -2.32. The minimum atomic E-state index is -4.75. The molecule has 0 unspecified atom stereocenters. The van der Waals surface area contributed by atoms with Gasteiger partial charge in [0.05, 0.1) is 13.2 Å². The summed E-state index contributed by atoms with van der Waals surface area (Å²) in [7, 11) is 0. The zero-order chi connectivity index (χ0) is 22.7. The van der Waals surface area contributed by atoms with Crippen LogP contribution in [0.2, 0.25) is 0 Å². The minimum absolute atomic E-state index is 0.191. The number of ether oxygens (including phenoxy) is 4. The number of alkyl halides is 3. The smallest absolute Gasteiger partial charge is 0.457 e. The van der Waals surface area contributed by atoms with Gasteiger partial charge in [0.1, 0.15) is 36.2 Å². The fourth-order valence-corrected chi connectivity index (χ4v) is 2.97. The minimum Gasteiger partial charge on any atom is -0.457 e. The number of hydrogen-bond donors (Lipinski definition) is 0. The standard InChI is InChI=1S/C20H16F3N3O6/c21-20(22,23)32-16-7-5-15(6-8-16)31-14-3-1-13(2-4-14)11-29-17-9-25-10-18(26(27)28)24-19(25)30-12-17/h1-8,10,17H,9,11-12H2/t17-/m0/s1. The quantitative estimate of drug-likeness (QED) is 0.386. The molecule has 0 fully saturated rings. The van der Waals surface area contributed by atoms with Gasteiger partial charge in [-0.25, -0.2) is 0 Å². The van der Waals surface area contributed by atoms with Crippen LogP contribution in [0.5, 0.6) is 23.3 Å². The lowest BCUT2D eigenvalue weighted by molar-refractivity contribution is -0.389. The Bertz CT molecular complexity index is 1080. The van der Waals surface area contributed by atoms with Gasteiger partial charge in [0, 0.05) is 4.98 Å². The summed E-state index contributed by atoms with van der Waals surface area (Å²) >= 11 is 0. The second kappa shape index (κ2) is 8.75. The summed E-state index contributed by atoms with van der Waals surface area (Å²) in [5.74, 6) is 0.239. The van der Waals surface area contributed by atoms with Gasteiger partial charge in [-0.05, 0) is 46.9 Å². The molecule has 32 heavy (non-hydrogen) atoms. The Morgan fingerprint density at radius 1 is 1.09 bits per heavy atom. The average molecular weight is 451 g/mol. The van der Waals surface area contributed by atoms with Crippen molar-refractivity contribution in [1.29, 1.82) is 0 Å². The topological polar surface area (TPSA) is 97.9 Å². The molecule has 1 atom stereocenters. The number of hydrogen-bond acceptors (Lipinski definition) is 7. The van der Waals surface area contributed by atoms with Gasteiger partial charge in [-0.2, -0.15) is 0 Å². The van der Waals surface area contributed by atoms with E-state index in [-0.39, 0.29) is 36.9 Å². The lowest BCUT2D eigenvalue weighted by Gasteiger charge is -2.22. The van der Waals surface area contributed by atoms with E-state index in [2.05, 4.69) is 9.72 Å². The molecule has 1 aliphatic rings. The maximum atomic E-state index is 12.2. The molecule has 0 amide bonds. The molecule has 1 aromatic heterocycles. The first-order valence-electron chi connectivity index (χ1n) is 9.34. The predicted molar refractivity (Wildman–Crippen MR) is 103 cm³/mol. The van der Waals surface area contributed by atoms with Crippen LogP contribution < -0.4 is 14.2 Å². The highest BCUT2D eigenvalue weighted by Gasteiger charge is 2.31. The SMILES string of the molecule is O=[N+]([O-])c1cn2c(n1)OC[C@@H](OCc1ccc(Oc3ccc(OC(F)(F)F)cc3)cc1)C2. The Morgan fingerprint density at radius 3 is 2.34 bits per heavy atom. The van der Waals surface area contributed by atoms with Gasteiger partial charge in [-0.1, -0.05) is 12.1 Å². The van der Waals surface area contributed by atoms with Crippen molar-refractivity contribution in [3.8, 4) is 23.3 Å². The number of nitro groups is 1. The number of aromatic nitrogens is 2. The summed E-state index contributed by atoms with van der Waals surface area (Å²) in [5.41, 5.74) is 0.855. The maximum absolute atomic E-state index is 12.2. The van der Waals surface area contributed by atoms with Gasteiger partial charge in [-0.3, -0.25) is 4.57 Å². The summed E-state index contributed by atoms with van der Waals surface area (Å²) in [6.07, 6.45) is -3.74. The van der Waals surface area contributed by atoms with Crippen LogP contribution in [0.1, 0.15) is 5.56 Å². The van der Waals surface area contributed by atoms with Crippen molar-refractivity contribution in [3.63, 3.8) is 0 Å². The summed E-state index contributed by atoms with van der Waals surface area (Å²) < 4.78 is 58.8. The van der Waals surface area contributed by atoms with Crippen LogP contribution in [0.4, 0.5) is 19.0 Å². The molecule has 3 aromatic rings. The van der Waals surface area contributed by atoms with E-state index in [0.717, 1.165) is 17.7 Å². The highest BCUT2D eigenvalue weighted by atomic mass is 19.4. The normalized spacial score (nSPS) is 15.5. The van der Waals surface area contributed by atoms with Crippen LogP contribution in [0.25, 0.3) is 0 Å². The molecule has 0 N–H and O–H groups in total. The second-order valence-electron chi connectivity index (χ2n) is 6.80. The number of rotatable bonds is 7. The first-order valence-corrected chi connectivity index (χ1v) is 9.34. The molecule has 0 radical (unpaired) electrons. The fourth-order valence-electron chi connectivity index (χ4n) is 2.97. The summed E-state index contributed by atoms with van der Waals surface area (Å²) in [5, 5.41) is 10.8. The number of halogens is 3. The molecule has 1 aliphatic heterocycles. The fraction of sp³-hybridized carbons (Fsp3) is 0.250. The van der Waals surface area contributed by atoms with Crippen molar-refractivity contribution in [1.82, 2.24) is 9.55 Å².